The fourth-order valence-electron chi connectivity index (χ4n) is 3.15. The van der Waals surface area contributed by atoms with E-state index in [9.17, 15) is 4.79 Å². The van der Waals surface area contributed by atoms with Gasteiger partial charge in [0, 0.05) is 32.8 Å². The number of ether oxygens (including phenoxy) is 2. The molecule has 0 radical (unpaired) electrons. The van der Waals surface area contributed by atoms with E-state index in [0.29, 0.717) is 19.2 Å². The van der Waals surface area contributed by atoms with Crippen molar-refractivity contribution in [1.29, 1.82) is 0 Å². The van der Waals surface area contributed by atoms with E-state index in [-0.39, 0.29) is 24.4 Å². The van der Waals surface area contributed by atoms with Gasteiger partial charge < -0.3 is 19.7 Å². The Morgan fingerprint density at radius 3 is 2.67 bits per heavy atom. The number of carbonyl (C=O) groups is 1. The van der Waals surface area contributed by atoms with Crippen LogP contribution in [0.1, 0.15) is 38.5 Å². The molecule has 1 saturated heterocycles. The molecule has 0 aromatic rings. The van der Waals surface area contributed by atoms with Crippen LogP contribution >= 0.6 is 12.4 Å². The van der Waals surface area contributed by atoms with Crippen LogP contribution in [0, 0.1) is 0 Å². The van der Waals surface area contributed by atoms with Crippen molar-refractivity contribution < 1.29 is 14.3 Å². The molecule has 1 heterocycles. The molecule has 0 bridgehead atoms. The van der Waals surface area contributed by atoms with E-state index in [4.69, 9.17) is 9.47 Å². The predicted molar refractivity (Wildman–Crippen MR) is 84.9 cm³/mol. The third-order valence-electron chi connectivity index (χ3n) is 4.27. The van der Waals surface area contributed by atoms with Crippen molar-refractivity contribution in [1.82, 2.24) is 10.2 Å². The van der Waals surface area contributed by atoms with Gasteiger partial charge in [-0.15, -0.1) is 12.4 Å². The van der Waals surface area contributed by atoms with E-state index >= 15 is 0 Å². The topological polar surface area (TPSA) is 50.8 Å². The number of hydrogen-bond acceptors (Lipinski definition) is 4. The summed E-state index contributed by atoms with van der Waals surface area (Å²) in [6, 6.07) is 0.427. The molecule has 2 rings (SSSR count). The van der Waals surface area contributed by atoms with Crippen LogP contribution in [0.3, 0.4) is 0 Å². The van der Waals surface area contributed by atoms with E-state index in [2.05, 4.69) is 10.2 Å². The first-order valence-corrected chi connectivity index (χ1v) is 7.92. The number of methoxy groups -OCH3 is 1. The summed E-state index contributed by atoms with van der Waals surface area (Å²) < 4.78 is 10.7. The first-order valence-electron chi connectivity index (χ1n) is 7.92. The maximum Gasteiger partial charge on any atom is 0.236 e. The Hall–Kier alpha value is -0.360. The zero-order valence-electron chi connectivity index (χ0n) is 13.0. The maximum absolute atomic E-state index is 12.4. The second-order valence-electron chi connectivity index (χ2n) is 5.79. The van der Waals surface area contributed by atoms with Crippen molar-refractivity contribution >= 4 is 18.3 Å². The van der Waals surface area contributed by atoms with Gasteiger partial charge in [0.05, 0.1) is 19.3 Å². The minimum absolute atomic E-state index is 0. The molecule has 1 atom stereocenters. The minimum atomic E-state index is 0. The first kappa shape index (κ1) is 18.7. The fourth-order valence-corrected chi connectivity index (χ4v) is 3.15. The maximum atomic E-state index is 12.4. The summed E-state index contributed by atoms with van der Waals surface area (Å²) in [4.78, 5) is 14.5. The van der Waals surface area contributed by atoms with Crippen molar-refractivity contribution in [3.8, 4) is 0 Å². The molecule has 6 heteroatoms. The molecule has 2 fully saturated rings. The second-order valence-corrected chi connectivity index (χ2v) is 5.79. The lowest BCUT2D eigenvalue weighted by molar-refractivity contribution is -0.134. The highest BCUT2D eigenvalue weighted by Gasteiger charge is 2.29. The molecule has 0 aromatic carbocycles. The summed E-state index contributed by atoms with van der Waals surface area (Å²) >= 11 is 0. The lowest BCUT2D eigenvalue weighted by Gasteiger charge is -2.31. The molecule has 1 aliphatic heterocycles. The number of amides is 1. The number of nitrogens with one attached hydrogen (secondary N) is 1. The summed E-state index contributed by atoms with van der Waals surface area (Å²) in [7, 11) is 1.67. The van der Waals surface area contributed by atoms with Gasteiger partial charge in [-0.05, 0) is 25.7 Å². The van der Waals surface area contributed by atoms with Crippen molar-refractivity contribution in [3.63, 3.8) is 0 Å². The standard InChI is InChI=1S/C15H28N2O3.ClH/c1-19-10-8-16-11-15(18)17(13-5-2-3-6-13)12-14-7-4-9-20-14;/h13-14,16H,2-12H2,1H3;1H. The number of rotatable bonds is 8. The Bertz CT molecular complexity index is 293. The smallest absolute Gasteiger partial charge is 0.236 e. The molecule has 5 nitrogen and oxygen atoms in total. The SMILES string of the molecule is COCCNCC(=O)N(CC1CCCO1)C1CCCC1.Cl. The monoisotopic (exact) mass is 320 g/mol. The Morgan fingerprint density at radius 1 is 1.29 bits per heavy atom. The summed E-state index contributed by atoms with van der Waals surface area (Å²) in [6.45, 7) is 3.40. The average Bonchev–Trinajstić information content (AvgIpc) is 3.13. The van der Waals surface area contributed by atoms with Crippen molar-refractivity contribution in [2.75, 3.05) is 40.0 Å². The lowest BCUT2D eigenvalue weighted by atomic mass is 10.1. The third-order valence-corrected chi connectivity index (χ3v) is 4.27. The summed E-state index contributed by atoms with van der Waals surface area (Å²) in [5.74, 6) is 0.212. The Kier molecular flexibility index (Phi) is 9.24. The highest BCUT2D eigenvalue weighted by Crippen LogP contribution is 2.25. The van der Waals surface area contributed by atoms with Gasteiger partial charge in [0.1, 0.15) is 0 Å². The van der Waals surface area contributed by atoms with Crippen molar-refractivity contribution in [2.45, 2.75) is 50.7 Å². The molecule has 124 valence electrons. The van der Waals surface area contributed by atoms with Gasteiger partial charge in [0.15, 0.2) is 0 Å². The Morgan fingerprint density at radius 2 is 2.05 bits per heavy atom. The summed E-state index contributed by atoms with van der Waals surface area (Å²) in [5, 5.41) is 3.16. The molecular weight excluding hydrogens is 292 g/mol. The number of hydrogen-bond donors (Lipinski definition) is 1. The van der Waals surface area contributed by atoms with E-state index in [0.717, 1.165) is 45.4 Å². The van der Waals surface area contributed by atoms with Crippen LogP contribution in [0.2, 0.25) is 0 Å². The zero-order chi connectivity index (χ0) is 14.2. The molecule has 1 unspecified atom stereocenters. The van der Waals surface area contributed by atoms with E-state index in [1.54, 1.807) is 7.11 Å². The van der Waals surface area contributed by atoms with Gasteiger partial charge in [-0.2, -0.15) is 0 Å². The highest BCUT2D eigenvalue weighted by molar-refractivity contribution is 5.85. The van der Waals surface area contributed by atoms with E-state index in [1.807, 2.05) is 0 Å². The predicted octanol–water partition coefficient (Wildman–Crippen LogP) is 1.59. The molecule has 2 aliphatic rings. The van der Waals surface area contributed by atoms with Gasteiger partial charge >= 0.3 is 0 Å². The molecule has 21 heavy (non-hydrogen) atoms. The molecule has 0 aromatic heterocycles. The molecule has 1 amide bonds. The normalized spacial score (nSPS) is 22.2. The van der Waals surface area contributed by atoms with Crippen LogP contribution in [0.4, 0.5) is 0 Å². The third kappa shape index (κ3) is 6.10. The van der Waals surface area contributed by atoms with Crippen molar-refractivity contribution in [2.24, 2.45) is 0 Å². The lowest BCUT2D eigenvalue weighted by Crippen LogP contribution is -2.47. The molecule has 1 saturated carbocycles. The fraction of sp³-hybridized carbons (Fsp3) is 0.933. The van der Waals surface area contributed by atoms with Gasteiger partial charge in [0.25, 0.3) is 0 Å². The number of carbonyl (C=O) groups excluding carboxylic acids is 1. The molecule has 0 spiro atoms. The highest BCUT2D eigenvalue weighted by atomic mass is 35.5. The summed E-state index contributed by atoms with van der Waals surface area (Å²) in [6.07, 6.45) is 7.26. The van der Waals surface area contributed by atoms with Crippen LogP contribution < -0.4 is 5.32 Å². The molecular formula is C15H29ClN2O3. The minimum Gasteiger partial charge on any atom is -0.383 e. The first-order chi connectivity index (χ1) is 9.81. The quantitative estimate of drug-likeness (QED) is 0.690. The van der Waals surface area contributed by atoms with Crippen LogP contribution in [0.5, 0.6) is 0 Å². The van der Waals surface area contributed by atoms with Gasteiger partial charge in [-0.1, -0.05) is 12.8 Å². The van der Waals surface area contributed by atoms with Crippen LogP contribution in [-0.2, 0) is 14.3 Å². The Labute approximate surface area is 134 Å². The van der Waals surface area contributed by atoms with Crippen LogP contribution in [0.15, 0.2) is 0 Å². The number of nitrogens with zero attached hydrogens (tertiary/aromatic N) is 1. The average molecular weight is 321 g/mol. The van der Waals surface area contributed by atoms with E-state index in [1.165, 1.54) is 12.8 Å². The zero-order valence-corrected chi connectivity index (χ0v) is 13.8. The van der Waals surface area contributed by atoms with Crippen molar-refractivity contribution in [3.05, 3.63) is 0 Å². The number of halogens is 1. The second kappa shape index (κ2) is 10.4. The van der Waals surface area contributed by atoms with Gasteiger partial charge in [0.2, 0.25) is 5.91 Å². The molecule has 1 N–H and O–H groups in total. The summed E-state index contributed by atoms with van der Waals surface area (Å²) in [5.41, 5.74) is 0. The molecule has 1 aliphatic carbocycles. The van der Waals surface area contributed by atoms with E-state index < -0.39 is 0 Å². The largest absolute Gasteiger partial charge is 0.383 e. The van der Waals surface area contributed by atoms with Crippen LogP contribution in [-0.4, -0.2) is 62.9 Å². The Balaban J connectivity index is 0.00000220. The van der Waals surface area contributed by atoms with Gasteiger partial charge in [-0.3, -0.25) is 4.79 Å². The van der Waals surface area contributed by atoms with Gasteiger partial charge in [-0.25, -0.2) is 0 Å². The van der Waals surface area contributed by atoms with Crippen LogP contribution in [0.25, 0.3) is 0 Å².